The summed E-state index contributed by atoms with van der Waals surface area (Å²) >= 11 is 0. The van der Waals surface area contributed by atoms with Gasteiger partial charge in [-0.2, -0.15) is 0 Å². The first-order chi connectivity index (χ1) is 6.71. The molecule has 1 fully saturated rings. The number of nitrogens with two attached hydrogens (primary N) is 1. The summed E-state index contributed by atoms with van der Waals surface area (Å²) in [5.41, 5.74) is 5.70. The van der Waals surface area contributed by atoms with Crippen LogP contribution >= 0.6 is 0 Å². The van der Waals surface area contributed by atoms with E-state index in [0.29, 0.717) is 13.0 Å². The highest BCUT2D eigenvalue weighted by Crippen LogP contribution is 2.53. The number of carboxylic acids is 1. The van der Waals surface area contributed by atoms with E-state index in [0.717, 1.165) is 5.56 Å². The summed E-state index contributed by atoms with van der Waals surface area (Å²) in [6.45, 7) is 0.446. The average molecular weight is 191 g/mol. The summed E-state index contributed by atoms with van der Waals surface area (Å²) in [5.74, 6) is -0.651. The maximum Gasteiger partial charge on any atom is 0.314 e. The van der Waals surface area contributed by atoms with Crippen molar-refractivity contribution in [2.45, 2.75) is 11.8 Å². The number of benzene rings is 1. The van der Waals surface area contributed by atoms with Crippen molar-refractivity contribution in [2.24, 2.45) is 11.7 Å². The number of rotatable bonds is 3. The van der Waals surface area contributed by atoms with E-state index < -0.39 is 11.4 Å². The van der Waals surface area contributed by atoms with E-state index in [-0.39, 0.29) is 5.92 Å². The molecule has 1 aromatic rings. The number of carbonyl (C=O) groups is 1. The zero-order valence-corrected chi connectivity index (χ0v) is 7.81. The fraction of sp³-hybridized carbons (Fsp3) is 0.364. The van der Waals surface area contributed by atoms with Gasteiger partial charge in [-0.25, -0.2) is 0 Å². The van der Waals surface area contributed by atoms with Gasteiger partial charge in [0.2, 0.25) is 0 Å². The van der Waals surface area contributed by atoms with Crippen LogP contribution in [0.3, 0.4) is 0 Å². The first-order valence-electron chi connectivity index (χ1n) is 4.71. The van der Waals surface area contributed by atoms with Gasteiger partial charge >= 0.3 is 5.97 Å². The van der Waals surface area contributed by atoms with Crippen molar-refractivity contribution in [2.75, 3.05) is 6.54 Å². The third-order valence-electron chi connectivity index (χ3n) is 3.06. The van der Waals surface area contributed by atoms with Crippen LogP contribution in [0.5, 0.6) is 0 Å². The van der Waals surface area contributed by atoms with Crippen LogP contribution in [0.2, 0.25) is 0 Å². The smallest absolute Gasteiger partial charge is 0.314 e. The van der Waals surface area contributed by atoms with Gasteiger partial charge in [-0.3, -0.25) is 4.79 Å². The van der Waals surface area contributed by atoms with E-state index in [1.54, 1.807) is 0 Å². The van der Waals surface area contributed by atoms with E-state index in [1.165, 1.54) is 0 Å². The Hall–Kier alpha value is -1.35. The summed E-state index contributed by atoms with van der Waals surface area (Å²) in [6.07, 6.45) is 0.669. The minimum absolute atomic E-state index is 0.0994. The molecule has 1 aliphatic carbocycles. The van der Waals surface area contributed by atoms with Crippen LogP contribution in [-0.4, -0.2) is 17.6 Å². The quantitative estimate of drug-likeness (QED) is 0.748. The fourth-order valence-corrected chi connectivity index (χ4v) is 2.09. The summed E-state index contributed by atoms with van der Waals surface area (Å²) in [4.78, 5) is 11.2. The van der Waals surface area contributed by atoms with Crippen molar-refractivity contribution in [1.82, 2.24) is 0 Å². The van der Waals surface area contributed by atoms with Gasteiger partial charge in [0.15, 0.2) is 0 Å². The lowest BCUT2D eigenvalue weighted by atomic mass is 9.93. The molecule has 0 spiro atoms. The third kappa shape index (κ3) is 1.13. The van der Waals surface area contributed by atoms with Crippen LogP contribution in [-0.2, 0) is 10.2 Å². The molecule has 1 saturated carbocycles. The van der Waals surface area contributed by atoms with Gasteiger partial charge in [-0.05, 0) is 24.4 Å². The Morgan fingerprint density at radius 3 is 2.57 bits per heavy atom. The number of carboxylic acid groups (broad SMARTS) is 1. The standard InChI is InChI=1S/C11H13NO2/c12-7-9-6-11(9,10(13)14)8-4-2-1-3-5-8/h1-5,9H,6-7,12H2,(H,13,14)/t9-,11-/m1/s1. The number of hydrogen-bond acceptors (Lipinski definition) is 2. The fourth-order valence-electron chi connectivity index (χ4n) is 2.09. The van der Waals surface area contributed by atoms with Gasteiger partial charge in [0.05, 0.1) is 5.41 Å². The van der Waals surface area contributed by atoms with Crippen molar-refractivity contribution in [3.8, 4) is 0 Å². The van der Waals surface area contributed by atoms with Crippen LogP contribution in [0.15, 0.2) is 30.3 Å². The molecule has 3 heteroatoms. The monoisotopic (exact) mass is 191 g/mol. The molecular formula is C11H13NO2. The van der Waals surface area contributed by atoms with Gasteiger partial charge in [0, 0.05) is 0 Å². The lowest BCUT2D eigenvalue weighted by Gasteiger charge is -2.11. The zero-order chi connectivity index (χ0) is 10.2. The lowest BCUT2D eigenvalue weighted by molar-refractivity contribution is -0.140. The zero-order valence-electron chi connectivity index (χ0n) is 7.81. The summed E-state index contributed by atoms with van der Waals surface area (Å²) in [5, 5.41) is 9.20. The molecule has 2 rings (SSSR count). The van der Waals surface area contributed by atoms with Gasteiger partial charge in [0.1, 0.15) is 0 Å². The van der Waals surface area contributed by atoms with Crippen LogP contribution in [0.1, 0.15) is 12.0 Å². The number of hydrogen-bond donors (Lipinski definition) is 2. The molecule has 0 aromatic heterocycles. The Balaban J connectivity index is 2.36. The first kappa shape index (κ1) is 9.21. The molecule has 14 heavy (non-hydrogen) atoms. The highest BCUT2D eigenvalue weighted by molar-refractivity contribution is 5.85. The minimum atomic E-state index is -0.751. The van der Waals surface area contributed by atoms with Crippen LogP contribution in [0.25, 0.3) is 0 Å². The third-order valence-corrected chi connectivity index (χ3v) is 3.06. The van der Waals surface area contributed by atoms with Crippen molar-refractivity contribution < 1.29 is 9.90 Å². The van der Waals surface area contributed by atoms with Crippen LogP contribution in [0.4, 0.5) is 0 Å². The molecule has 0 radical (unpaired) electrons. The maximum absolute atomic E-state index is 11.2. The molecule has 0 unspecified atom stereocenters. The molecule has 3 nitrogen and oxygen atoms in total. The molecule has 74 valence electrons. The predicted octanol–water partition coefficient (Wildman–Crippen LogP) is 0.988. The SMILES string of the molecule is NC[C@H]1C[C@@]1(C(=O)O)c1ccccc1. The second kappa shape index (κ2) is 3.10. The summed E-state index contributed by atoms with van der Waals surface area (Å²) in [7, 11) is 0. The maximum atomic E-state index is 11.2. The van der Waals surface area contributed by atoms with E-state index >= 15 is 0 Å². The predicted molar refractivity (Wildman–Crippen MR) is 52.9 cm³/mol. The minimum Gasteiger partial charge on any atom is -0.481 e. The second-order valence-corrected chi connectivity index (χ2v) is 3.78. The molecular weight excluding hydrogens is 178 g/mol. The molecule has 3 N–H and O–H groups in total. The molecule has 0 bridgehead atoms. The van der Waals surface area contributed by atoms with Crippen molar-refractivity contribution in [3.63, 3.8) is 0 Å². The van der Waals surface area contributed by atoms with E-state index in [1.807, 2.05) is 30.3 Å². The van der Waals surface area contributed by atoms with Gasteiger partial charge in [-0.1, -0.05) is 30.3 Å². The molecule has 0 heterocycles. The first-order valence-corrected chi connectivity index (χ1v) is 4.71. The molecule has 1 aromatic carbocycles. The summed E-state index contributed by atoms with van der Waals surface area (Å²) < 4.78 is 0. The van der Waals surface area contributed by atoms with Crippen LogP contribution < -0.4 is 5.73 Å². The van der Waals surface area contributed by atoms with Crippen molar-refractivity contribution in [3.05, 3.63) is 35.9 Å². The molecule has 0 saturated heterocycles. The van der Waals surface area contributed by atoms with Gasteiger partial charge < -0.3 is 10.8 Å². The Morgan fingerprint density at radius 2 is 2.14 bits per heavy atom. The molecule has 0 aliphatic heterocycles. The Bertz CT molecular complexity index is 350. The van der Waals surface area contributed by atoms with E-state index in [9.17, 15) is 9.90 Å². The largest absolute Gasteiger partial charge is 0.481 e. The van der Waals surface area contributed by atoms with Crippen LogP contribution in [0, 0.1) is 5.92 Å². The highest BCUT2D eigenvalue weighted by atomic mass is 16.4. The molecule has 2 atom stereocenters. The van der Waals surface area contributed by atoms with E-state index in [4.69, 9.17) is 5.73 Å². The highest BCUT2D eigenvalue weighted by Gasteiger charge is 2.60. The average Bonchev–Trinajstić information content (AvgIpc) is 2.94. The van der Waals surface area contributed by atoms with Gasteiger partial charge in [-0.15, -0.1) is 0 Å². The van der Waals surface area contributed by atoms with Crippen molar-refractivity contribution in [1.29, 1.82) is 0 Å². The number of aliphatic carboxylic acids is 1. The molecule has 1 aliphatic rings. The van der Waals surface area contributed by atoms with E-state index in [2.05, 4.69) is 0 Å². The summed E-state index contributed by atoms with van der Waals surface area (Å²) in [6, 6.07) is 9.35. The topological polar surface area (TPSA) is 63.3 Å². The lowest BCUT2D eigenvalue weighted by Crippen LogP contribution is -2.25. The van der Waals surface area contributed by atoms with Crippen molar-refractivity contribution >= 4 is 5.97 Å². The Labute approximate surface area is 82.5 Å². The van der Waals surface area contributed by atoms with Gasteiger partial charge in [0.25, 0.3) is 0 Å². The normalized spacial score (nSPS) is 29.9. The Morgan fingerprint density at radius 1 is 1.50 bits per heavy atom. The second-order valence-electron chi connectivity index (χ2n) is 3.78. The molecule has 0 amide bonds. The Kier molecular flexibility index (Phi) is 2.04.